The van der Waals surface area contributed by atoms with Crippen LogP contribution in [0.15, 0.2) is 30.5 Å². The van der Waals surface area contributed by atoms with Crippen molar-refractivity contribution in [3.05, 3.63) is 30.5 Å². The lowest BCUT2D eigenvalue weighted by Crippen LogP contribution is -2.29. The Morgan fingerprint density at radius 1 is 1.29 bits per heavy atom. The van der Waals surface area contributed by atoms with Crippen molar-refractivity contribution >= 4 is 16.9 Å². The van der Waals surface area contributed by atoms with Crippen molar-refractivity contribution in [2.24, 2.45) is 0 Å². The normalized spacial score (nSPS) is 19.6. The maximum Gasteiger partial charge on any atom is 0.145 e. The molecule has 4 heteroatoms. The first-order valence-electron chi connectivity index (χ1n) is 6.11. The van der Waals surface area contributed by atoms with E-state index in [0.717, 1.165) is 29.9 Å². The molecule has 1 atom stereocenters. The highest BCUT2D eigenvalue weighted by Gasteiger charge is 2.13. The van der Waals surface area contributed by atoms with E-state index in [9.17, 15) is 0 Å². The zero-order valence-corrected chi connectivity index (χ0v) is 9.69. The van der Waals surface area contributed by atoms with Crippen molar-refractivity contribution in [1.82, 2.24) is 15.3 Å². The summed E-state index contributed by atoms with van der Waals surface area (Å²) in [5, 5.41) is 6.80. The molecule has 1 aromatic carbocycles. The van der Waals surface area contributed by atoms with Gasteiger partial charge in [0.1, 0.15) is 5.82 Å². The first kappa shape index (κ1) is 10.5. The van der Waals surface area contributed by atoms with Crippen LogP contribution < -0.4 is 10.6 Å². The summed E-state index contributed by atoms with van der Waals surface area (Å²) in [6.45, 7) is 2.06. The molecule has 0 spiro atoms. The highest BCUT2D eigenvalue weighted by molar-refractivity contribution is 5.75. The van der Waals surface area contributed by atoms with Gasteiger partial charge in [-0.05, 0) is 31.5 Å². The molecule has 2 aromatic rings. The number of anilines is 1. The van der Waals surface area contributed by atoms with Gasteiger partial charge >= 0.3 is 0 Å². The molecular weight excluding hydrogens is 212 g/mol. The molecular formula is C13H16N4. The minimum Gasteiger partial charge on any atom is -0.367 e. The number of fused-ring (bicyclic) bond motifs is 1. The Balaban J connectivity index is 1.72. The van der Waals surface area contributed by atoms with E-state index >= 15 is 0 Å². The topological polar surface area (TPSA) is 49.8 Å². The lowest BCUT2D eigenvalue weighted by Gasteiger charge is -2.11. The van der Waals surface area contributed by atoms with Crippen molar-refractivity contribution < 1.29 is 0 Å². The minimum atomic E-state index is 0.572. The molecule has 0 amide bonds. The van der Waals surface area contributed by atoms with Crippen molar-refractivity contribution in [3.8, 4) is 0 Å². The van der Waals surface area contributed by atoms with Gasteiger partial charge in [0.05, 0.1) is 17.2 Å². The van der Waals surface area contributed by atoms with E-state index in [-0.39, 0.29) is 0 Å². The second-order valence-corrected chi connectivity index (χ2v) is 4.42. The van der Waals surface area contributed by atoms with Crippen molar-refractivity contribution in [1.29, 1.82) is 0 Å². The van der Waals surface area contributed by atoms with Crippen molar-refractivity contribution in [3.63, 3.8) is 0 Å². The van der Waals surface area contributed by atoms with Crippen molar-refractivity contribution in [2.45, 2.75) is 18.9 Å². The summed E-state index contributed by atoms with van der Waals surface area (Å²) in [4.78, 5) is 8.92. The van der Waals surface area contributed by atoms with Crippen LogP contribution in [0.25, 0.3) is 11.0 Å². The number of rotatable bonds is 3. The van der Waals surface area contributed by atoms with Gasteiger partial charge < -0.3 is 10.6 Å². The molecule has 3 rings (SSSR count). The summed E-state index contributed by atoms with van der Waals surface area (Å²) in [6.07, 6.45) is 4.32. The number of benzene rings is 1. The van der Waals surface area contributed by atoms with E-state index in [0.29, 0.717) is 6.04 Å². The SMILES string of the molecule is c1ccc2nc(NC[C@H]3CCCN3)cnc2c1. The monoisotopic (exact) mass is 228 g/mol. The molecule has 2 heterocycles. The van der Waals surface area contributed by atoms with Gasteiger partial charge in [-0.3, -0.25) is 4.98 Å². The Morgan fingerprint density at radius 3 is 3.00 bits per heavy atom. The number of para-hydroxylation sites is 2. The smallest absolute Gasteiger partial charge is 0.145 e. The molecule has 0 saturated carbocycles. The Hall–Kier alpha value is -1.68. The molecule has 0 bridgehead atoms. The van der Waals surface area contributed by atoms with Crippen LogP contribution in [0.4, 0.5) is 5.82 Å². The molecule has 1 aliphatic rings. The van der Waals surface area contributed by atoms with Crippen LogP contribution in [-0.2, 0) is 0 Å². The summed E-state index contributed by atoms with van der Waals surface area (Å²) in [5.41, 5.74) is 1.88. The predicted molar refractivity (Wildman–Crippen MR) is 69.1 cm³/mol. The van der Waals surface area contributed by atoms with Gasteiger partial charge in [0, 0.05) is 12.6 Å². The molecule has 1 fully saturated rings. The minimum absolute atomic E-state index is 0.572. The van der Waals surface area contributed by atoms with E-state index in [1.807, 2.05) is 24.3 Å². The van der Waals surface area contributed by atoms with E-state index in [4.69, 9.17) is 0 Å². The van der Waals surface area contributed by atoms with Gasteiger partial charge in [-0.15, -0.1) is 0 Å². The maximum atomic E-state index is 4.53. The molecule has 1 aliphatic heterocycles. The van der Waals surface area contributed by atoms with Crippen LogP contribution in [0.5, 0.6) is 0 Å². The fraction of sp³-hybridized carbons (Fsp3) is 0.385. The van der Waals surface area contributed by atoms with E-state index in [1.165, 1.54) is 12.8 Å². The summed E-state index contributed by atoms with van der Waals surface area (Å²) < 4.78 is 0. The molecule has 2 N–H and O–H groups in total. The maximum absolute atomic E-state index is 4.53. The third-order valence-corrected chi connectivity index (χ3v) is 3.14. The van der Waals surface area contributed by atoms with E-state index in [2.05, 4.69) is 20.6 Å². The third-order valence-electron chi connectivity index (χ3n) is 3.14. The molecule has 88 valence electrons. The molecule has 1 aromatic heterocycles. The average molecular weight is 228 g/mol. The zero-order chi connectivity index (χ0) is 11.5. The number of hydrogen-bond donors (Lipinski definition) is 2. The quantitative estimate of drug-likeness (QED) is 0.841. The summed E-state index contributed by atoms with van der Waals surface area (Å²) in [7, 11) is 0. The fourth-order valence-corrected chi connectivity index (χ4v) is 2.20. The summed E-state index contributed by atoms with van der Waals surface area (Å²) in [6, 6.07) is 8.50. The zero-order valence-electron chi connectivity index (χ0n) is 9.69. The lowest BCUT2D eigenvalue weighted by atomic mass is 10.2. The average Bonchev–Trinajstić information content (AvgIpc) is 2.89. The summed E-state index contributed by atoms with van der Waals surface area (Å²) >= 11 is 0. The van der Waals surface area contributed by atoms with Gasteiger partial charge in [-0.25, -0.2) is 4.98 Å². The van der Waals surface area contributed by atoms with Gasteiger partial charge in [0.15, 0.2) is 0 Å². The van der Waals surface area contributed by atoms with Gasteiger partial charge in [-0.1, -0.05) is 12.1 Å². The van der Waals surface area contributed by atoms with Crippen molar-refractivity contribution in [2.75, 3.05) is 18.4 Å². The van der Waals surface area contributed by atoms with Gasteiger partial charge in [0.2, 0.25) is 0 Å². The highest BCUT2D eigenvalue weighted by atomic mass is 15.1. The molecule has 0 radical (unpaired) electrons. The van der Waals surface area contributed by atoms with E-state index in [1.54, 1.807) is 6.20 Å². The second-order valence-electron chi connectivity index (χ2n) is 4.42. The van der Waals surface area contributed by atoms with Gasteiger partial charge in [0.25, 0.3) is 0 Å². The number of aromatic nitrogens is 2. The molecule has 0 aliphatic carbocycles. The summed E-state index contributed by atoms with van der Waals surface area (Å²) in [5.74, 6) is 0.859. The third kappa shape index (κ3) is 2.36. The molecule has 0 unspecified atom stereocenters. The Bertz CT molecular complexity index is 506. The Kier molecular flexibility index (Phi) is 2.88. The van der Waals surface area contributed by atoms with Crippen LogP contribution in [0.2, 0.25) is 0 Å². The first-order chi connectivity index (χ1) is 8.42. The number of nitrogens with zero attached hydrogens (tertiary/aromatic N) is 2. The lowest BCUT2D eigenvalue weighted by molar-refractivity contribution is 0.632. The number of hydrogen-bond acceptors (Lipinski definition) is 4. The van der Waals surface area contributed by atoms with Crippen LogP contribution in [-0.4, -0.2) is 29.1 Å². The number of nitrogens with one attached hydrogen (secondary N) is 2. The predicted octanol–water partition coefficient (Wildman–Crippen LogP) is 1.79. The largest absolute Gasteiger partial charge is 0.367 e. The van der Waals surface area contributed by atoms with Crippen LogP contribution in [0, 0.1) is 0 Å². The standard InChI is InChI=1S/C13H16N4/c1-2-6-12-11(5-1)15-9-13(17-12)16-8-10-4-3-7-14-10/h1-2,5-6,9-10,14H,3-4,7-8H2,(H,16,17)/t10-/m1/s1. The van der Waals surface area contributed by atoms with Crippen LogP contribution in [0.3, 0.4) is 0 Å². The fourth-order valence-electron chi connectivity index (χ4n) is 2.20. The molecule has 1 saturated heterocycles. The van der Waals surface area contributed by atoms with Gasteiger partial charge in [-0.2, -0.15) is 0 Å². The second kappa shape index (κ2) is 4.67. The first-order valence-corrected chi connectivity index (χ1v) is 6.11. The Morgan fingerprint density at radius 2 is 2.18 bits per heavy atom. The molecule has 4 nitrogen and oxygen atoms in total. The van der Waals surface area contributed by atoms with Crippen LogP contribution >= 0.6 is 0 Å². The van der Waals surface area contributed by atoms with Crippen LogP contribution in [0.1, 0.15) is 12.8 Å². The molecule has 17 heavy (non-hydrogen) atoms. The highest BCUT2D eigenvalue weighted by Crippen LogP contribution is 2.12. The van der Waals surface area contributed by atoms with E-state index < -0.39 is 0 Å². The Labute approximate surface area is 100 Å².